The molecule has 0 saturated carbocycles. The molecule has 0 radical (unpaired) electrons. The van der Waals surface area contributed by atoms with E-state index in [1.807, 2.05) is 48.5 Å². The zero-order chi connectivity index (χ0) is 21.2. The van der Waals surface area contributed by atoms with E-state index < -0.39 is 0 Å². The first-order valence-electron chi connectivity index (χ1n) is 9.19. The topological polar surface area (TPSA) is 69.2 Å². The summed E-state index contributed by atoms with van der Waals surface area (Å²) in [7, 11) is 1.57. The number of ether oxygens (including phenoxy) is 2. The first-order chi connectivity index (χ1) is 14.6. The number of rotatable bonds is 9. The summed E-state index contributed by atoms with van der Waals surface area (Å²) in [6, 6.07) is 22.0. The van der Waals surface area contributed by atoms with Gasteiger partial charge in [-0.1, -0.05) is 47.1 Å². The van der Waals surface area contributed by atoms with Gasteiger partial charge < -0.3 is 19.6 Å². The van der Waals surface area contributed by atoms with Crippen LogP contribution in [-0.4, -0.2) is 25.8 Å². The van der Waals surface area contributed by atoms with Crippen molar-refractivity contribution < 1.29 is 19.1 Å². The number of methoxy groups -OCH3 is 1. The fourth-order valence-corrected chi connectivity index (χ4v) is 2.66. The second kappa shape index (κ2) is 10.9. The van der Waals surface area contributed by atoms with Gasteiger partial charge in [0.15, 0.2) is 18.1 Å². The van der Waals surface area contributed by atoms with E-state index in [0.717, 1.165) is 11.1 Å². The molecule has 0 aliphatic rings. The Hall–Kier alpha value is -3.51. The molecular weight excluding hydrogens is 404 g/mol. The lowest BCUT2D eigenvalue weighted by molar-refractivity contribution is -0.120. The highest BCUT2D eigenvalue weighted by molar-refractivity contribution is 6.30. The van der Waals surface area contributed by atoms with Crippen molar-refractivity contribution >= 4 is 29.4 Å². The zero-order valence-electron chi connectivity index (χ0n) is 16.4. The minimum Gasteiger partial charge on any atom is -0.493 e. The molecule has 1 amide bonds. The third-order valence-electron chi connectivity index (χ3n) is 4.02. The van der Waals surface area contributed by atoms with Gasteiger partial charge in [-0.3, -0.25) is 4.79 Å². The molecule has 6 nitrogen and oxygen atoms in total. The molecule has 0 aromatic heterocycles. The van der Waals surface area contributed by atoms with Crippen LogP contribution in [0.5, 0.6) is 11.5 Å². The molecule has 3 aromatic carbocycles. The van der Waals surface area contributed by atoms with Crippen molar-refractivity contribution in [2.45, 2.75) is 6.61 Å². The van der Waals surface area contributed by atoms with Crippen LogP contribution in [0, 0.1) is 0 Å². The number of hydrogen-bond acceptors (Lipinski definition) is 5. The molecular formula is C23H21ClN2O4. The third kappa shape index (κ3) is 6.53. The van der Waals surface area contributed by atoms with Gasteiger partial charge in [-0.05, 0) is 48.0 Å². The van der Waals surface area contributed by atoms with Crippen LogP contribution in [0.4, 0.5) is 5.69 Å². The Morgan fingerprint density at radius 3 is 2.53 bits per heavy atom. The van der Waals surface area contributed by atoms with Gasteiger partial charge in [0, 0.05) is 16.3 Å². The number of anilines is 1. The van der Waals surface area contributed by atoms with Crippen molar-refractivity contribution in [1.29, 1.82) is 0 Å². The van der Waals surface area contributed by atoms with E-state index in [2.05, 4.69) is 10.5 Å². The summed E-state index contributed by atoms with van der Waals surface area (Å²) >= 11 is 5.89. The lowest BCUT2D eigenvalue weighted by atomic mass is 10.2. The molecule has 0 aliphatic heterocycles. The summed E-state index contributed by atoms with van der Waals surface area (Å²) in [5.41, 5.74) is 2.44. The second-order valence-corrected chi connectivity index (χ2v) is 6.68. The number of amides is 1. The van der Waals surface area contributed by atoms with Crippen LogP contribution >= 0.6 is 11.6 Å². The highest BCUT2D eigenvalue weighted by Crippen LogP contribution is 2.28. The Morgan fingerprint density at radius 2 is 1.80 bits per heavy atom. The molecule has 0 bridgehead atoms. The van der Waals surface area contributed by atoms with Crippen LogP contribution in [0.3, 0.4) is 0 Å². The number of nitrogens with one attached hydrogen (secondary N) is 1. The van der Waals surface area contributed by atoms with Gasteiger partial charge in [-0.25, -0.2) is 0 Å². The minimum atomic E-state index is -0.290. The largest absolute Gasteiger partial charge is 0.493 e. The number of carbonyl (C=O) groups is 1. The molecule has 154 valence electrons. The maximum absolute atomic E-state index is 11.8. The average Bonchev–Trinajstić information content (AvgIpc) is 2.77. The van der Waals surface area contributed by atoms with Crippen LogP contribution in [0.2, 0.25) is 5.02 Å². The Labute approximate surface area is 180 Å². The number of carbonyl (C=O) groups excluding carboxylic acids is 1. The van der Waals surface area contributed by atoms with Crippen LogP contribution in [0.25, 0.3) is 0 Å². The normalized spacial score (nSPS) is 10.6. The smallest absolute Gasteiger partial charge is 0.265 e. The summed E-state index contributed by atoms with van der Waals surface area (Å²) in [4.78, 5) is 16.9. The Bertz CT molecular complexity index is 992. The Kier molecular flexibility index (Phi) is 7.69. The molecule has 0 unspecified atom stereocenters. The van der Waals surface area contributed by atoms with Crippen molar-refractivity contribution in [2.75, 3.05) is 19.0 Å². The fraction of sp³-hybridized carbons (Fsp3) is 0.130. The molecule has 0 spiro atoms. The summed E-state index contributed by atoms with van der Waals surface area (Å²) in [5.74, 6) is 0.879. The maximum Gasteiger partial charge on any atom is 0.265 e. The molecule has 0 fully saturated rings. The van der Waals surface area contributed by atoms with Crippen LogP contribution in [-0.2, 0) is 16.2 Å². The quantitative estimate of drug-likeness (QED) is 0.391. The van der Waals surface area contributed by atoms with Gasteiger partial charge in [0.05, 0.1) is 13.3 Å². The van der Waals surface area contributed by atoms with Gasteiger partial charge in [0.2, 0.25) is 0 Å². The van der Waals surface area contributed by atoms with Crippen molar-refractivity contribution in [3.8, 4) is 11.5 Å². The fourth-order valence-electron chi connectivity index (χ4n) is 2.54. The average molecular weight is 425 g/mol. The second-order valence-electron chi connectivity index (χ2n) is 6.25. The third-order valence-corrected chi connectivity index (χ3v) is 4.28. The van der Waals surface area contributed by atoms with Gasteiger partial charge in [-0.2, -0.15) is 0 Å². The summed E-state index contributed by atoms with van der Waals surface area (Å²) in [6.45, 7) is 0.200. The predicted octanol–water partition coefficient (Wildman–Crippen LogP) is 4.92. The number of nitrogens with zero attached hydrogens (tertiary/aromatic N) is 1. The Balaban J connectivity index is 1.51. The van der Waals surface area contributed by atoms with E-state index in [4.69, 9.17) is 25.9 Å². The van der Waals surface area contributed by atoms with E-state index >= 15 is 0 Å². The highest BCUT2D eigenvalue weighted by Gasteiger charge is 2.06. The number of hydrogen-bond donors (Lipinski definition) is 1. The molecule has 3 rings (SSSR count). The van der Waals surface area contributed by atoms with E-state index in [-0.39, 0.29) is 12.5 Å². The van der Waals surface area contributed by atoms with Crippen LogP contribution in [0.1, 0.15) is 11.1 Å². The minimum absolute atomic E-state index is 0.190. The first-order valence-corrected chi connectivity index (χ1v) is 9.57. The molecule has 1 N–H and O–H groups in total. The number of oxime groups is 1. The van der Waals surface area contributed by atoms with E-state index in [1.54, 1.807) is 31.4 Å². The molecule has 0 aliphatic carbocycles. The molecule has 0 atom stereocenters. The predicted molar refractivity (Wildman–Crippen MR) is 117 cm³/mol. The summed E-state index contributed by atoms with van der Waals surface area (Å²) in [5, 5.41) is 7.23. The van der Waals surface area contributed by atoms with E-state index in [9.17, 15) is 4.79 Å². The monoisotopic (exact) mass is 424 g/mol. The van der Waals surface area contributed by atoms with Crippen molar-refractivity contribution in [3.05, 3.63) is 88.9 Å². The molecule has 3 aromatic rings. The lowest BCUT2D eigenvalue weighted by Crippen LogP contribution is -2.16. The first kappa shape index (κ1) is 21.2. The zero-order valence-corrected chi connectivity index (χ0v) is 17.1. The molecule has 0 heterocycles. The SMILES string of the molecule is COc1cc(/C=N/OCC(=O)Nc2ccccc2)ccc1OCc1ccc(Cl)cc1. The number of para-hydroxylation sites is 1. The maximum atomic E-state index is 11.8. The molecule has 7 heteroatoms. The van der Waals surface area contributed by atoms with Crippen molar-refractivity contribution in [3.63, 3.8) is 0 Å². The van der Waals surface area contributed by atoms with Gasteiger partial charge in [-0.15, -0.1) is 0 Å². The van der Waals surface area contributed by atoms with Gasteiger partial charge in [0.25, 0.3) is 5.91 Å². The van der Waals surface area contributed by atoms with E-state index in [0.29, 0.717) is 28.8 Å². The van der Waals surface area contributed by atoms with Crippen molar-refractivity contribution in [2.24, 2.45) is 5.16 Å². The van der Waals surface area contributed by atoms with Crippen molar-refractivity contribution in [1.82, 2.24) is 0 Å². The van der Waals surface area contributed by atoms with Gasteiger partial charge >= 0.3 is 0 Å². The van der Waals surface area contributed by atoms with E-state index in [1.165, 1.54) is 6.21 Å². The van der Waals surface area contributed by atoms with Gasteiger partial charge in [0.1, 0.15) is 6.61 Å². The van der Waals surface area contributed by atoms with Crippen LogP contribution in [0.15, 0.2) is 78.0 Å². The standard InChI is InChI=1S/C23H21ClN2O4/c1-28-22-13-18(9-12-21(22)29-15-17-7-10-19(24)11-8-17)14-25-30-16-23(27)26-20-5-3-2-4-6-20/h2-14H,15-16H2,1H3,(H,26,27)/b25-14+. The summed E-state index contributed by atoms with van der Waals surface area (Å²) < 4.78 is 11.2. The van der Waals surface area contributed by atoms with Crippen LogP contribution < -0.4 is 14.8 Å². The molecule has 30 heavy (non-hydrogen) atoms. The highest BCUT2D eigenvalue weighted by atomic mass is 35.5. The Morgan fingerprint density at radius 1 is 1.03 bits per heavy atom. The number of benzene rings is 3. The lowest BCUT2D eigenvalue weighted by Gasteiger charge is -2.11. The number of halogens is 1. The summed E-state index contributed by atoms with van der Waals surface area (Å²) in [6.07, 6.45) is 1.50. The molecule has 0 saturated heterocycles.